The molecular formula is C12H21N7. The monoisotopic (exact) mass is 263 g/mol. The highest BCUT2D eigenvalue weighted by Crippen LogP contribution is 2.23. The van der Waals surface area contributed by atoms with E-state index >= 15 is 0 Å². The highest BCUT2D eigenvalue weighted by molar-refractivity contribution is 5.28. The van der Waals surface area contributed by atoms with E-state index in [1.165, 1.54) is 10.4 Å². The average molecular weight is 263 g/mol. The summed E-state index contributed by atoms with van der Waals surface area (Å²) in [7, 11) is 3.74. The summed E-state index contributed by atoms with van der Waals surface area (Å²) in [5.74, 6) is 0.678. The second kappa shape index (κ2) is 5.48. The van der Waals surface area contributed by atoms with Crippen LogP contribution in [0.1, 0.15) is 42.2 Å². The molecule has 0 aliphatic heterocycles. The SMILES string of the molecule is CCC(NC)c1c(C)nn(Cc2nnn(C)n2)c1C. The van der Waals surface area contributed by atoms with E-state index < -0.39 is 0 Å². The van der Waals surface area contributed by atoms with Gasteiger partial charge in [0.2, 0.25) is 0 Å². The number of aromatic nitrogens is 6. The van der Waals surface area contributed by atoms with E-state index in [9.17, 15) is 0 Å². The number of tetrazole rings is 1. The van der Waals surface area contributed by atoms with E-state index in [2.05, 4.69) is 39.7 Å². The lowest BCUT2D eigenvalue weighted by Gasteiger charge is -2.14. The van der Waals surface area contributed by atoms with Crippen molar-refractivity contribution in [1.29, 1.82) is 0 Å². The maximum absolute atomic E-state index is 4.59. The zero-order valence-electron chi connectivity index (χ0n) is 12.2. The van der Waals surface area contributed by atoms with Gasteiger partial charge in [-0.3, -0.25) is 4.68 Å². The molecule has 0 spiro atoms. The molecule has 0 fully saturated rings. The number of rotatable bonds is 5. The topological polar surface area (TPSA) is 73.5 Å². The minimum Gasteiger partial charge on any atom is -0.313 e. The third-order valence-corrected chi connectivity index (χ3v) is 3.38. The van der Waals surface area contributed by atoms with Gasteiger partial charge in [-0.05, 0) is 32.5 Å². The largest absolute Gasteiger partial charge is 0.313 e. The molecule has 0 saturated carbocycles. The van der Waals surface area contributed by atoms with Crippen molar-refractivity contribution in [1.82, 2.24) is 35.3 Å². The Morgan fingerprint density at radius 1 is 1.26 bits per heavy atom. The first-order valence-electron chi connectivity index (χ1n) is 6.50. The average Bonchev–Trinajstić information content (AvgIpc) is 2.89. The molecule has 0 aromatic carbocycles. The van der Waals surface area contributed by atoms with Crippen molar-refractivity contribution in [2.75, 3.05) is 7.05 Å². The van der Waals surface area contributed by atoms with Crippen molar-refractivity contribution in [3.63, 3.8) is 0 Å². The summed E-state index contributed by atoms with van der Waals surface area (Å²) in [6.45, 7) is 6.86. The molecule has 0 aliphatic carbocycles. The number of nitrogens with one attached hydrogen (secondary N) is 1. The van der Waals surface area contributed by atoms with Crippen LogP contribution in [0.15, 0.2) is 0 Å². The zero-order valence-corrected chi connectivity index (χ0v) is 12.2. The second-order valence-corrected chi connectivity index (χ2v) is 4.69. The van der Waals surface area contributed by atoms with E-state index in [0.29, 0.717) is 18.4 Å². The van der Waals surface area contributed by atoms with E-state index in [1.807, 2.05) is 18.7 Å². The third kappa shape index (κ3) is 2.65. The molecule has 1 N–H and O–H groups in total. The second-order valence-electron chi connectivity index (χ2n) is 4.69. The Bertz CT molecular complexity index is 550. The van der Waals surface area contributed by atoms with Crippen LogP contribution < -0.4 is 5.32 Å². The molecule has 0 bridgehead atoms. The molecule has 0 saturated heterocycles. The Labute approximate surface area is 113 Å². The lowest BCUT2D eigenvalue weighted by atomic mass is 10.0. The molecule has 104 valence electrons. The van der Waals surface area contributed by atoms with E-state index in [0.717, 1.165) is 17.8 Å². The van der Waals surface area contributed by atoms with Crippen LogP contribution in [0.5, 0.6) is 0 Å². The summed E-state index contributed by atoms with van der Waals surface area (Å²) >= 11 is 0. The van der Waals surface area contributed by atoms with Gasteiger partial charge in [0.1, 0.15) is 6.54 Å². The maximum atomic E-state index is 4.59. The van der Waals surface area contributed by atoms with Gasteiger partial charge in [0.05, 0.1) is 12.7 Å². The van der Waals surface area contributed by atoms with E-state index in [4.69, 9.17) is 0 Å². The van der Waals surface area contributed by atoms with E-state index in [-0.39, 0.29) is 0 Å². The molecule has 2 aromatic heterocycles. The standard InChI is InChI=1S/C12H21N7/c1-6-10(13-4)12-8(2)15-19(9(12)3)7-11-14-17-18(5)16-11/h10,13H,6-7H2,1-5H3. The predicted molar refractivity (Wildman–Crippen MR) is 71.7 cm³/mol. The minimum atomic E-state index is 0.337. The Kier molecular flexibility index (Phi) is 3.94. The maximum Gasteiger partial charge on any atom is 0.196 e. The normalized spacial score (nSPS) is 12.9. The fraction of sp³-hybridized carbons (Fsp3) is 0.667. The Hall–Kier alpha value is -1.76. The molecule has 2 rings (SSSR count). The quantitative estimate of drug-likeness (QED) is 0.861. The molecule has 7 nitrogen and oxygen atoms in total. The van der Waals surface area contributed by atoms with Crippen molar-refractivity contribution in [2.45, 2.75) is 39.8 Å². The first-order valence-corrected chi connectivity index (χ1v) is 6.50. The minimum absolute atomic E-state index is 0.337. The zero-order chi connectivity index (χ0) is 14.0. The van der Waals surface area contributed by atoms with Gasteiger partial charge in [-0.1, -0.05) is 6.92 Å². The highest BCUT2D eigenvalue weighted by Gasteiger charge is 2.19. The van der Waals surface area contributed by atoms with Crippen molar-refractivity contribution in [3.05, 3.63) is 22.8 Å². The predicted octanol–water partition coefficient (Wildman–Crippen LogP) is 0.742. The molecule has 2 aromatic rings. The number of aryl methyl sites for hydroxylation is 2. The third-order valence-electron chi connectivity index (χ3n) is 3.38. The van der Waals surface area contributed by atoms with Gasteiger partial charge in [-0.25, -0.2) is 0 Å². The fourth-order valence-corrected chi connectivity index (χ4v) is 2.44. The van der Waals surface area contributed by atoms with Crippen LogP contribution in [0.2, 0.25) is 0 Å². The van der Waals surface area contributed by atoms with Crippen LogP contribution in [-0.2, 0) is 13.6 Å². The molecule has 2 heterocycles. The van der Waals surface area contributed by atoms with Gasteiger partial charge in [0.15, 0.2) is 5.82 Å². The van der Waals surface area contributed by atoms with Crippen molar-refractivity contribution < 1.29 is 0 Å². The van der Waals surface area contributed by atoms with Gasteiger partial charge in [0.25, 0.3) is 0 Å². The first-order chi connectivity index (χ1) is 9.06. The van der Waals surface area contributed by atoms with Gasteiger partial charge in [0, 0.05) is 17.3 Å². The molecule has 7 heteroatoms. The van der Waals surface area contributed by atoms with Crippen LogP contribution in [0.25, 0.3) is 0 Å². The molecule has 1 unspecified atom stereocenters. The molecule has 0 amide bonds. The Balaban J connectivity index is 2.30. The fourth-order valence-electron chi connectivity index (χ4n) is 2.44. The molecular weight excluding hydrogens is 242 g/mol. The van der Waals surface area contributed by atoms with Crippen LogP contribution in [-0.4, -0.2) is 37.0 Å². The van der Waals surface area contributed by atoms with Gasteiger partial charge in [-0.15, -0.1) is 10.2 Å². The number of hydrogen-bond acceptors (Lipinski definition) is 5. The Morgan fingerprint density at radius 3 is 2.53 bits per heavy atom. The van der Waals surface area contributed by atoms with Gasteiger partial charge in [-0.2, -0.15) is 9.90 Å². The molecule has 19 heavy (non-hydrogen) atoms. The van der Waals surface area contributed by atoms with E-state index in [1.54, 1.807) is 7.05 Å². The van der Waals surface area contributed by atoms with Crippen molar-refractivity contribution in [2.24, 2.45) is 7.05 Å². The first kappa shape index (κ1) is 13.7. The summed E-state index contributed by atoms with van der Waals surface area (Å²) in [6.07, 6.45) is 1.03. The lowest BCUT2D eigenvalue weighted by Crippen LogP contribution is -2.17. The molecule has 0 aliphatic rings. The summed E-state index contributed by atoms with van der Waals surface area (Å²) in [4.78, 5) is 1.46. The number of hydrogen-bond donors (Lipinski definition) is 1. The van der Waals surface area contributed by atoms with Gasteiger partial charge >= 0.3 is 0 Å². The van der Waals surface area contributed by atoms with Gasteiger partial charge < -0.3 is 5.32 Å². The van der Waals surface area contributed by atoms with Crippen LogP contribution in [0.4, 0.5) is 0 Å². The van der Waals surface area contributed by atoms with Crippen LogP contribution in [0, 0.1) is 13.8 Å². The van der Waals surface area contributed by atoms with Crippen LogP contribution in [0.3, 0.4) is 0 Å². The molecule has 0 radical (unpaired) electrons. The van der Waals surface area contributed by atoms with Crippen molar-refractivity contribution >= 4 is 0 Å². The summed E-state index contributed by atoms with van der Waals surface area (Å²) in [5.41, 5.74) is 3.49. The summed E-state index contributed by atoms with van der Waals surface area (Å²) in [5, 5.41) is 20.0. The smallest absolute Gasteiger partial charge is 0.196 e. The highest BCUT2D eigenvalue weighted by atomic mass is 15.6. The summed E-state index contributed by atoms with van der Waals surface area (Å²) < 4.78 is 1.95. The Morgan fingerprint density at radius 2 is 2.00 bits per heavy atom. The van der Waals surface area contributed by atoms with Crippen molar-refractivity contribution in [3.8, 4) is 0 Å². The number of nitrogens with zero attached hydrogens (tertiary/aromatic N) is 6. The van der Waals surface area contributed by atoms with Crippen LogP contribution >= 0.6 is 0 Å². The lowest BCUT2D eigenvalue weighted by molar-refractivity contribution is 0.567. The molecule has 1 atom stereocenters. The summed E-state index contributed by atoms with van der Waals surface area (Å²) in [6, 6.07) is 0.337.